The maximum Gasteiger partial charge on any atom is 1.00 e. The number of carbonyl (C=O) groups is 1. The van der Waals surface area contributed by atoms with Gasteiger partial charge in [0, 0.05) is 28.7 Å². The number of carboxylic acid groups (broad SMARTS) is 1. The molecule has 0 spiro atoms. The molecule has 158 valence electrons. The minimum Gasteiger partial charge on any atom is -0.548 e. The molecule has 0 aliphatic heterocycles. The Hall–Kier alpha value is -0.994. The predicted molar refractivity (Wildman–Crippen MR) is 118 cm³/mol. The molecule has 1 aliphatic carbocycles. The Balaban J connectivity index is 0.00000272. The van der Waals surface area contributed by atoms with Crippen molar-refractivity contribution in [2.75, 3.05) is 14.1 Å². The van der Waals surface area contributed by atoms with Crippen LogP contribution in [-0.2, 0) is 16.8 Å². The molecule has 1 fully saturated rings. The van der Waals surface area contributed by atoms with Gasteiger partial charge in [-0.2, -0.15) is 0 Å². The van der Waals surface area contributed by atoms with Crippen LogP contribution in [0.15, 0.2) is 60.8 Å². The number of carbonyl (C=O) groups excluding carboxylic acids is 1. The van der Waals surface area contributed by atoms with Crippen LogP contribution in [0.2, 0.25) is 0 Å². The number of para-hydroxylation sites is 1. The number of nitrogens with one attached hydrogen (secondary N) is 2. The fourth-order valence-corrected chi connectivity index (χ4v) is 5.02. The van der Waals surface area contributed by atoms with Crippen molar-refractivity contribution in [1.29, 1.82) is 0 Å². The second-order valence-corrected chi connectivity index (χ2v) is 8.67. The van der Waals surface area contributed by atoms with Crippen molar-refractivity contribution in [3.05, 3.63) is 71.9 Å². The van der Waals surface area contributed by atoms with E-state index >= 15 is 0 Å². The van der Waals surface area contributed by atoms with Crippen molar-refractivity contribution in [1.82, 2.24) is 15.2 Å². The van der Waals surface area contributed by atoms with Crippen LogP contribution in [0, 0.1) is 0 Å². The molecule has 1 aromatic heterocycles. The summed E-state index contributed by atoms with van der Waals surface area (Å²) in [4.78, 5) is 17.5. The summed E-state index contributed by atoms with van der Waals surface area (Å²) in [6.45, 7) is 0. The van der Waals surface area contributed by atoms with Crippen LogP contribution < -0.4 is 61.8 Å². The first kappa shape index (κ1) is 24.6. The minimum absolute atomic E-state index is 0. The zero-order valence-electron chi connectivity index (χ0n) is 18.7. The standard InChI is InChI=1S/C25H31N3O2.K/c1-28(2)25(19-8-4-3-5-9-19)14-12-20(13-15-25)27-23(24(29)30)16-18-17-26-22-11-7-6-10-21(18)22;/h3-11,17,20,23,26-27H,12-16H2,1-2H3,(H,29,30);/q;+1/p-1. The smallest absolute Gasteiger partial charge is 0.548 e. The van der Waals surface area contributed by atoms with E-state index in [1.165, 1.54) is 5.56 Å². The van der Waals surface area contributed by atoms with E-state index in [4.69, 9.17) is 0 Å². The number of hydrogen-bond donors (Lipinski definition) is 2. The predicted octanol–water partition coefficient (Wildman–Crippen LogP) is -0.178. The van der Waals surface area contributed by atoms with E-state index in [-0.39, 0.29) is 63.0 Å². The van der Waals surface area contributed by atoms with E-state index < -0.39 is 12.0 Å². The van der Waals surface area contributed by atoms with Crippen molar-refractivity contribution < 1.29 is 61.3 Å². The monoisotopic (exact) mass is 443 g/mol. The zero-order chi connectivity index (χ0) is 21.1. The third-order valence-corrected chi connectivity index (χ3v) is 6.80. The number of benzene rings is 2. The maximum atomic E-state index is 11.9. The van der Waals surface area contributed by atoms with Crippen molar-refractivity contribution in [2.24, 2.45) is 0 Å². The molecule has 0 saturated heterocycles. The van der Waals surface area contributed by atoms with Crippen molar-refractivity contribution in [2.45, 2.75) is 49.7 Å². The molecule has 1 unspecified atom stereocenters. The molecule has 2 aromatic carbocycles. The minimum atomic E-state index is -1.03. The third kappa shape index (κ3) is 5.33. The van der Waals surface area contributed by atoms with Gasteiger partial charge in [-0.15, -0.1) is 0 Å². The Kier molecular flexibility index (Phi) is 8.55. The molecular weight excluding hydrogens is 413 g/mol. The van der Waals surface area contributed by atoms with Gasteiger partial charge in [-0.25, -0.2) is 0 Å². The average molecular weight is 444 g/mol. The van der Waals surface area contributed by atoms with Gasteiger partial charge in [0.1, 0.15) is 0 Å². The van der Waals surface area contributed by atoms with Crippen LogP contribution in [0.4, 0.5) is 0 Å². The van der Waals surface area contributed by atoms with Gasteiger partial charge in [0.15, 0.2) is 0 Å². The van der Waals surface area contributed by atoms with Gasteiger partial charge in [0.2, 0.25) is 0 Å². The van der Waals surface area contributed by atoms with Gasteiger partial charge < -0.3 is 20.2 Å². The summed E-state index contributed by atoms with van der Waals surface area (Å²) < 4.78 is 0. The molecule has 2 N–H and O–H groups in total. The number of H-pyrrole nitrogens is 1. The number of hydrogen-bond acceptors (Lipinski definition) is 4. The van der Waals surface area contributed by atoms with Crippen LogP contribution in [0.3, 0.4) is 0 Å². The summed E-state index contributed by atoms with van der Waals surface area (Å²) in [6, 6.07) is 18.1. The molecule has 1 aliphatic rings. The normalized spacial score (nSPS) is 22.2. The average Bonchev–Trinajstić information content (AvgIpc) is 3.17. The molecule has 31 heavy (non-hydrogen) atoms. The van der Waals surface area contributed by atoms with E-state index in [1.807, 2.05) is 30.5 Å². The van der Waals surface area contributed by atoms with Gasteiger partial charge in [-0.1, -0.05) is 48.5 Å². The fraction of sp³-hybridized carbons (Fsp3) is 0.400. The van der Waals surface area contributed by atoms with Crippen molar-refractivity contribution in [3.63, 3.8) is 0 Å². The van der Waals surface area contributed by atoms with Gasteiger partial charge in [0.05, 0.1) is 12.0 Å². The maximum absolute atomic E-state index is 11.9. The Morgan fingerprint density at radius 3 is 2.42 bits per heavy atom. The van der Waals surface area contributed by atoms with Gasteiger partial charge in [-0.05, 0) is 63.4 Å². The van der Waals surface area contributed by atoms with E-state index in [1.54, 1.807) is 0 Å². The molecule has 1 atom stereocenters. The largest absolute Gasteiger partial charge is 1.00 e. The number of aliphatic carboxylic acids is 1. The zero-order valence-corrected chi connectivity index (χ0v) is 21.9. The first-order valence-corrected chi connectivity index (χ1v) is 10.7. The number of nitrogens with zero attached hydrogens (tertiary/aromatic N) is 1. The summed E-state index contributed by atoms with van der Waals surface area (Å²) >= 11 is 0. The van der Waals surface area contributed by atoms with Crippen LogP contribution >= 0.6 is 0 Å². The van der Waals surface area contributed by atoms with Gasteiger partial charge in [0.25, 0.3) is 0 Å². The summed E-state index contributed by atoms with van der Waals surface area (Å²) in [5.41, 5.74) is 3.38. The second kappa shape index (κ2) is 10.7. The van der Waals surface area contributed by atoms with Gasteiger partial charge in [-0.3, -0.25) is 4.90 Å². The summed E-state index contributed by atoms with van der Waals surface area (Å²) in [5, 5.41) is 16.4. The summed E-state index contributed by atoms with van der Waals surface area (Å²) in [7, 11) is 4.28. The Labute approximate surface area is 227 Å². The van der Waals surface area contributed by atoms with Crippen LogP contribution in [-0.4, -0.2) is 42.0 Å². The number of aromatic nitrogens is 1. The first-order chi connectivity index (χ1) is 14.5. The van der Waals surface area contributed by atoms with E-state index in [9.17, 15) is 9.90 Å². The van der Waals surface area contributed by atoms with Crippen LogP contribution in [0.1, 0.15) is 36.8 Å². The van der Waals surface area contributed by atoms with Crippen LogP contribution in [0.5, 0.6) is 0 Å². The molecular formula is C25H30KN3O2. The number of carboxylic acids is 1. The van der Waals surface area contributed by atoms with E-state index in [0.717, 1.165) is 42.1 Å². The topological polar surface area (TPSA) is 71.2 Å². The van der Waals surface area contributed by atoms with Crippen molar-refractivity contribution >= 4 is 16.9 Å². The Bertz CT molecular complexity index is 994. The molecule has 0 bridgehead atoms. The molecule has 6 heteroatoms. The SMILES string of the molecule is CN(C)C1(c2ccccc2)CCC(NC(Cc2c[nH]c3ccccc23)C(=O)[O-])CC1.[K+]. The third-order valence-electron chi connectivity index (χ3n) is 6.80. The Morgan fingerprint density at radius 2 is 1.77 bits per heavy atom. The molecule has 5 nitrogen and oxygen atoms in total. The van der Waals surface area contributed by atoms with E-state index in [2.05, 4.69) is 59.6 Å². The second-order valence-electron chi connectivity index (χ2n) is 8.67. The molecule has 0 amide bonds. The number of rotatable bonds is 7. The quantitative estimate of drug-likeness (QED) is 0.497. The van der Waals surface area contributed by atoms with Crippen LogP contribution in [0.25, 0.3) is 10.9 Å². The molecule has 1 saturated carbocycles. The number of aromatic amines is 1. The van der Waals surface area contributed by atoms with Crippen molar-refractivity contribution in [3.8, 4) is 0 Å². The Morgan fingerprint density at radius 1 is 1.13 bits per heavy atom. The molecule has 3 aromatic rings. The fourth-order valence-electron chi connectivity index (χ4n) is 5.02. The first-order valence-electron chi connectivity index (χ1n) is 10.7. The van der Waals surface area contributed by atoms with E-state index in [0.29, 0.717) is 6.42 Å². The summed E-state index contributed by atoms with van der Waals surface area (Å²) in [6.07, 6.45) is 6.19. The van der Waals surface area contributed by atoms with Gasteiger partial charge >= 0.3 is 51.4 Å². The molecule has 0 radical (unpaired) electrons. The number of fused-ring (bicyclic) bond motifs is 1. The summed E-state index contributed by atoms with van der Waals surface area (Å²) in [5.74, 6) is -1.03. The molecule has 4 rings (SSSR count). The molecule has 1 heterocycles.